The lowest BCUT2D eigenvalue weighted by Gasteiger charge is -2.17. The second kappa shape index (κ2) is 4.71. The van der Waals surface area contributed by atoms with Gasteiger partial charge in [0.05, 0.1) is 0 Å². The molecule has 0 spiro atoms. The Morgan fingerprint density at radius 1 is 1.90 bits per heavy atom. The van der Waals surface area contributed by atoms with Crippen LogP contribution in [0.4, 0.5) is 0 Å². The van der Waals surface area contributed by atoms with Crippen molar-refractivity contribution >= 4 is 8.03 Å². The maximum atomic E-state index is 10.3. The molecule has 10 heavy (non-hydrogen) atoms. The Hall–Kier alpha value is -0.0600. The Kier molecular flexibility index (Phi) is 4.68. The Morgan fingerprint density at radius 3 is 2.70 bits per heavy atom. The van der Waals surface area contributed by atoms with Crippen molar-refractivity contribution < 1.29 is 9.46 Å². The molecule has 0 saturated heterocycles. The molecule has 0 aromatic carbocycles. The zero-order chi connectivity index (χ0) is 8.15. The monoisotopic (exact) mass is 166 g/mol. The molecule has 0 aliphatic heterocycles. The summed E-state index contributed by atoms with van der Waals surface area (Å²) in [4.78, 5) is 10.0. The van der Waals surface area contributed by atoms with E-state index in [0.717, 1.165) is 0 Å². The summed E-state index contributed by atoms with van der Waals surface area (Å²) in [5, 5.41) is 2.73. The molecule has 0 aromatic rings. The smallest absolute Gasteiger partial charge is 0.303 e. The topological polar surface area (TPSA) is 78.6 Å². The molecule has 0 aliphatic carbocycles. The average Bonchev–Trinajstić information content (AvgIpc) is 1.85. The van der Waals surface area contributed by atoms with Gasteiger partial charge < -0.3 is 5.73 Å². The van der Waals surface area contributed by atoms with Crippen LogP contribution in [-0.4, -0.2) is 36.5 Å². The Balaban J connectivity index is 3.61. The van der Waals surface area contributed by atoms with E-state index in [1.807, 2.05) is 0 Å². The third-order valence-electron chi connectivity index (χ3n) is 1.11. The molecule has 2 unspecified atom stereocenters. The van der Waals surface area contributed by atoms with Crippen LogP contribution in [0.3, 0.4) is 0 Å². The number of rotatable bonds is 4. The number of hydrogen-bond acceptors (Lipinski definition) is 4. The lowest BCUT2D eigenvalue weighted by atomic mass is 10.7. The summed E-state index contributed by atoms with van der Waals surface area (Å²) < 4.78 is 10.3. The lowest BCUT2D eigenvalue weighted by Crippen LogP contribution is -2.48. The second-order valence-corrected chi connectivity index (χ2v) is 2.97. The van der Waals surface area contributed by atoms with Gasteiger partial charge in [0.1, 0.15) is 6.29 Å². The fourth-order valence-electron chi connectivity index (χ4n) is 0.499. The Labute approximate surface area is 61.1 Å². The summed E-state index contributed by atoms with van der Waals surface area (Å²) in [6, 6.07) is 0. The van der Waals surface area contributed by atoms with E-state index in [4.69, 9.17) is 10.6 Å². The van der Waals surface area contributed by atoms with Gasteiger partial charge in [-0.05, 0) is 18.7 Å². The lowest BCUT2D eigenvalue weighted by molar-refractivity contribution is 0.247. The van der Waals surface area contributed by atoms with Crippen molar-refractivity contribution in [2.24, 2.45) is 5.73 Å². The molecule has 5 nitrogen and oxygen atoms in total. The predicted molar refractivity (Wildman–Crippen MR) is 39.5 cm³/mol. The van der Waals surface area contributed by atoms with E-state index < -0.39 is 8.03 Å². The van der Waals surface area contributed by atoms with Crippen molar-refractivity contribution in [2.75, 3.05) is 20.4 Å². The van der Waals surface area contributed by atoms with E-state index in [1.165, 1.54) is 0 Å². The number of nitrogens with one attached hydrogen (secondary N) is 1. The van der Waals surface area contributed by atoms with E-state index in [2.05, 4.69) is 5.32 Å². The largest absolute Gasteiger partial charge is 0.521 e. The molecule has 0 radical (unpaired) electrons. The molecule has 4 N–H and O–H groups in total. The van der Waals surface area contributed by atoms with Crippen LogP contribution in [-0.2, 0) is 4.57 Å². The summed E-state index contributed by atoms with van der Waals surface area (Å²) in [7, 11) is 1.24. The van der Waals surface area contributed by atoms with Gasteiger partial charge in [-0.3, -0.25) is 5.32 Å². The molecule has 0 aromatic heterocycles. The maximum Gasteiger partial charge on any atom is 0.521 e. The van der Waals surface area contributed by atoms with Crippen molar-refractivity contribution in [3.63, 3.8) is 0 Å². The molecule has 0 aliphatic rings. The first-order valence-corrected chi connectivity index (χ1v) is 4.24. The molecular formula is C4H13N3O2P+. The summed E-state index contributed by atoms with van der Waals surface area (Å²) in [5.41, 5.74) is 5.44. The highest BCUT2D eigenvalue weighted by Crippen LogP contribution is 2.13. The third kappa shape index (κ3) is 3.87. The quantitative estimate of drug-likeness (QED) is 0.371. The van der Waals surface area contributed by atoms with Crippen molar-refractivity contribution in [2.45, 2.75) is 6.29 Å². The average molecular weight is 166 g/mol. The SMILES string of the molecule is CNC(N)N(C)C[P+](=O)O. The summed E-state index contributed by atoms with van der Waals surface area (Å²) >= 11 is 0. The van der Waals surface area contributed by atoms with E-state index in [-0.39, 0.29) is 12.6 Å². The summed E-state index contributed by atoms with van der Waals surface area (Å²) in [6.07, 6.45) is -0.261. The van der Waals surface area contributed by atoms with E-state index in [0.29, 0.717) is 0 Å². The van der Waals surface area contributed by atoms with Crippen LogP contribution in [0.2, 0.25) is 0 Å². The Bertz CT molecular complexity index is 121. The predicted octanol–water partition coefficient (Wildman–Crippen LogP) is -0.928. The minimum atomic E-state index is -2.12. The molecule has 0 saturated carbocycles. The highest BCUT2D eigenvalue weighted by atomic mass is 31.1. The van der Waals surface area contributed by atoms with E-state index >= 15 is 0 Å². The normalized spacial score (nSPS) is 15.5. The van der Waals surface area contributed by atoms with Crippen LogP contribution in [0.25, 0.3) is 0 Å². The second-order valence-electron chi connectivity index (χ2n) is 1.98. The summed E-state index contributed by atoms with van der Waals surface area (Å²) in [5.74, 6) is 0. The summed E-state index contributed by atoms with van der Waals surface area (Å²) in [6.45, 7) is 0. The molecule has 0 bridgehead atoms. The van der Waals surface area contributed by atoms with Gasteiger partial charge in [-0.25, -0.2) is 4.90 Å². The maximum absolute atomic E-state index is 10.3. The zero-order valence-corrected chi connectivity index (χ0v) is 7.01. The van der Waals surface area contributed by atoms with Crippen LogP contribution < -0.4 is 11.1 Å². The van der Waals surface area contributed by atoms with Crippen LogP contribution in [0.1, 0.15) is 0 Å². The van der Waals surface area contributed by atoms with Crippen LogP contribution in [0.15, 0.2) is 0 Å². The molecule has 0 rings (SSSR count). The van der Waals surface area contributed by atoms with E-state index in [9.17, 15) is 4.57 Å². The highest BCUT2D eigenvalue weighted by molar-refractivity contribution is 7.37. The number of nitrogens with two attached hydrogens (primary N) is 1. The first-order valence-electron chi connectivity index (χ1n) is 2.84. The molecule has 0 heterocycles. The van der Waals surface area contributed by atoms with Gasteiger partial charge in [0.15, 0.2) is 0 Å². The molecular weight excluding hydrogens is 153 g/mol. The van der Waals surface area contributed by atoms with Crippen LogP contribution in [0.5, 0.6) is 0 Å². The van der Waals surface area contributed by atoms with Gasteiger partial charge in [0.2, 0.25) is 6.29 Å². The zero-order valence-electron chi connectivity index (χ0n) is 6.11. The minimum Gasteiger partial charge on any atom is -0.303 e. The standard InChI is InChI=1S/C4H12N3O2P/c1-6-4(5)7(2)3-10(8)9/h4,6H,3,5H2,1-2H3/p+1. The van der Waals surface area contributed by atoms with Gasteiger partial charge in [0.25, 0.3) is 0 Å². The van der Waals surface area contributed by atoms with Gasteiger partial charge in [0, 0.05) is 0 Å². The molecule has 0 fully saturated rings. The highest BCUT2D eigenvalue weighted by Gasteiger charge is 2.17. The van der Waals surface area contributed by atoms with Gasteiger partial charge in [-0.2, -0.15) is 4.89 Å². The number of hydrogen-bond donors (Lipinski definition) is 3. The third-order valence-corrected chi connectivity index (χ3v) is 1.80. The van der Waals surface area contributed by atoms with Crippen molar-refractivity contribution in [3.05, 3.63) is 0 Å². The van der Waals surface area contributed by atoms with Crippen molar-refractivity contribution in [3.8, 4) is 0 Å². The van der Waals surface area contributed by atoms with Crippen LogP contribution in [0, 0.1) is 0 Å². The van der Waals surface area contributed by atoms with Gasteiger partial charge in [-0.1, -0.05) is 0 Å². The first kappa shape index (κ1) is 9.94. The van der Waals surface area contributed by atoms with Crippen molar-refractivity contribution in [1.29, 1.82) is 0 Å². The van der Waals surface area contributed by atoms with Crippen molar-refractivity contribution in [1.82, 2.24) is 10.2 Å². The van der Waals surface area contributed by atoms with Crippen LogP contribution >= 0.6 is 8.03 Å². The minimum absolute atomic E-state index is 0.0946. The van der Waals surface area contributed by atoms with Gasteiger partial charge in [-0.15, -0.1) is 0 Å². The molecule has 2 atom stereocenters. The first-order chi connectivity index (χ1) is 4.57. The fraction of sp³-hybridized carbons (Fsp3) is 1.00. The van der Waals surface area contributed by atoms with E-state index in [1.54, 1.807) is 19.0 Å². The molecule has 60 valence electrons. The Morgan fingerprint density at radius 2 is 2.40 bits per heavy atom. The van der Waals surface area contributed by atoms with Gasteiger partial charge >= 0.3 is 8.03 Å². The number of nitrogens with zero attached hydrogens (tertiary/aromatic N) is 1. The molecule has 6 heteroatoms. The molecule has 0 amide bonds. The fourth-order valence-corrected chi connectivity index (χ4v) is 1.06.